The van der Waals surface area contributed by atoms with Crippen LogP contribution in [0.2, 0.25) is 0 Å². The fraction of sp³-hybridized carbons (Fsp3) is 0.500. The Hall–Kier alpha value is -2.14. The van der Waals surface area contributed by atoms with Gasteiger partial charge in [-0.25, -0.2) is 4.98 Å². The van der Waals surface area contributed by atoms with Crippen LogP contribution in [0.1, 0.15) is 48.9 Å². The summed E-state index contributed by atoms with van der Waals surface area (Å²) < 4.78 is 7.73. The highest BCUT2D eigenvalue weighted by molar-refractivity contribution is 5.95. The lowest BCUT2D eigenvalue weighted by Crippen LogP contribution is -2.43. The molecule has 2 aromatic rings. The molecule has 1 atom stereocenters. The maximum Gasteiger partial charge on any atom is 0.254 e. The summed E-state index contributed by atoms with van der Waals surface area (Å²) in [6, 6.07) is 8.18. The van der Waals surface area contributed by atoms with Crippen molar-refractivity contribution in [3.05, 3.63) is 48.5 Å². The molecule has 2 aliphatic rings. The first-order chi connectivity index (χ1) is 12.3. The van der Waals surface area contributed by atoms with Gasteiger partial charge in [0, 0.05) is 42.8 Å². The van der Waals surface area contributed by atoms with Crippen LogP contribution in [0.5, 0.6) is 0 Å². The van der Waals surface area contributed by atoms with E-state index in [1.54, 1.807) is 12.5 Å². The maximum atomic E-state index is 13.3. The topological polar surface area (TPSA) is 47.4 Å². The molecule has 1 aromatic heterocycles. The third-order valence-corrected chi connectivity index (χ3v) is 5.35. The average Bonchev–Trinajstić information content (AvgIpc) is 3.42. The van der Waals surface area contributed by atoms with Crippen molar-refractivity contribution in [2.45, 2.75) is 50.7 Å². The molecule has 1 aliphatic carbocycles. The van der Waals surface area contributed by atoms with Crippen molar-refractivity contribution in [1.82, 2.24) is 14.5 Å². The van der Waals surface area contributed by atoms with Crippen LogP contribution in [-0.2, 0) is 4.74 Å². The molecule has 132 valence electrons. The second-order valence-corrected chi connectivity index (χ2v) is 7.05. The number of imidazole rings is 1. The molecule has 1 aromatic carbocycles. The number of rotatable bonds is 5. The van der Waals surface area contributed by atoms with Gasteiger partial charge >= 0.3 is 0 Å². The molecule has 1 saturated heterocycles. The fourth-order valence-electron chi connectivity index (χ4n) is 4.00. The molecule has 2 fully saturated rings. The van der Waals surface area contributed by atoms with Crippen molar-refractivity contribution in [1.29, 1.82) is 0 Å². The van der Waals surface area contributed by atoms with Crippen LogP contribution in [0.3, 0.4) is 0 Å². The summed E-state index contributed by atoms with van der Waals surface area (Å²) in [6.45, 7) is 1.55. The van der Waals surface area contributed by atoms with E-state index < -0.39 is 0 Å². The third kappa shape index (κ3) is 3.61. The highest BCUT2D eigenvalue weighted by Gasteiger charge is 2.31. The van der Waals surface area contributed by atoms with Crippen LogP contribution < -0.4 is 0 Å². The first-order valence-corrected chi connectivity index (χ1v) is 9.32. The largest absolute Gasteiger partial charge is 0.376 e. The fourth-order valence-corrected chi connectivity index (χ4v) is 4.00. The van der Waals surface area contributed by atoms with E-state index >= 15 is 0 Å². The van der Waals surface area contributed by atoms with Crippen molar-refractivity contribution in [2.24, 2.45) is 0 Å². The van der Waals surface area contributed by atoms with Crippen molar-refractivity contribution in [2.75, 3.05) is 13.2 Å². The van der Waals surface area contributed by atoms with Gasteiger partial charge in [0.1, 0.15) is 0 Å². The van der Waals surface area contributed by atoms with Crippen molar-refractivity contribution in [3.63, 3.8) is 0 Å². The highest BCUT2D eigenvalue weighted by Crippen LogP contribution is 2.27. The van der Waals surface area contributed by atoms with E-state index in [9.17, 15) is 4.79 Å². The first-order valence-electron chi connectivity index (χ1n) is 9.32. The molecular formula is C20H25N3O2. The first kappa shape index (κ1) is 16.3. The van der Waals surface area contributed by atoms with Crippen LogP contribution in [0.25, 0.3) is 5.69 Å². The molecule has 0 bridgehead atoms. The Morgan fingerprint density at radius 3 is 2.84 bits per heavy atom. The molecule has 1 saturated carbocycles. The minimum Gasteiger partial charge on any atom is -0.376 e. The van der Waals surface area contributed by atoms with E-state index in [2.05, 4.69) is 9.88 Å². The van der Waals surface area contributed by atoms with Gasteiger partial charge in [-0.2, -0.15) is 0 Å². The molecule has 5 nitrogen and oxygen atoms in total. The van der Waals surface area contributed by atoms with Gasteiger partial charge in [0.2, 0.25) is 0 Å². The van der Waals surface area contributed by atoms with Gasteiger partial charge in [-0.3, -0.25) is 4.79 Å². The predicted molar refractivity (Wildman–Crippen MR) is 95.8 cm³/mol. The molecule has 2 heterocycles. The zero-order valence-corrected chi connectivity index (χ0v) is 14.5. The molecule has 0 unspecified atom stereocenters. The normalized spacial score (nSPS) is 20.9. The molecule has 25 heavy (non-hydrogen) atoms. The Morgan fingerprint density at radius 2 is 2.12 bits per heavy atom. The molecule has 0 spiro atoms. The SMILES string of the molecule is O=C(c1cccc(-n2ccnc2)c1)N(C[C@@H]1CCCO1)C1CCCC1. The van der Waals surface area contributed by atoms with Gasteiger partial charge in [-0.1, -0.05) is 18.9 Å². The number of hydrogen-bond acceptors (Lipinski definition) is 3. The number of nitrogens with zero attached hydrogens (tertiary/aromatic N) is 3. The van der Waals surface area contributed by atoms with Gasteiger partial charge in [-0.05, 0) is 43.9 Å². The summed E-state index contributed by atoms with van der Waals surface area (Å²) in [5.41, 5.74) is 1.71. The molecule has 0 radical (unpaired) electrons. The minimum absolute atomic E-state index is 0.129. The third-order valence-electron chi connectivity index (χ3n) is 5.35. The van der Waals surface area contributed by atoms with Crippen molar-refractivity contribution < 1.29 is 9.53 Å². The Bertz CT molecular complexity index is 701. The molecule has 5 heteroatoms. The molecule has 4 rings (SSSR count). The molecule has 1 amide bonds. The number of carbonyl (C=O) groups is 1. The van der Waals surface area contributed by atoms with E-state index in [1.807, 2.05) is 35.0 Å². The standard InChI is InChI=1S/C20H25N3O2/c24-20(16-5-3-8-18(13-16)22-11-10-21-15-22)23(17-6-1-2-7-17)14-19-9-4-12-25-19/h3,5,8,10-11,13,15,17,19H,1-2,4,6-7,9,12,14H2/t19-/m0/s1. The van der Waals surface area contributed by atoms with Gasteiger partial charge in [0.05, 0.1) is 12.4 Å². The van der Waals surface area contributed by atoms with Crippen LogP contribution in [0.4, 0.5) is 0 Å². The molecule has 0 N–H and O–H groups in total. The Labute approximate surface area is 148 Å². The van der Waals surface area contributed by atoms with E-state index in [1.165, 1.54) is 12.8 Å². The minimum atomic E-state index is 0.129. The lowest BCUT2D eigenvalue weighted by molar-refractivity contribution is 0.0420. The number of benzene rings is 1. The van der Waals surface area contributed by atoms with E-state index in [0.29, 0.717) is 6.04 Å². The Morgan fingerprint density at radius 1 is 1.24 bits per heavy atom. The molecule has 1 aliphatic heterocycles. The Kier molecular flexibility index (Phi) is 4.83. The summed E-state index contributed by atoms with van der Waals surface area (Å²) in [5.74, 6) is 0.129. The van der Waals surface area contributed by atoms with Gasteiger partial charge in [-0.15, -0.1) is 0 Å². The zero-order chi connectivity index (χ0) is 17.1. The van der Waals surface area contributed by atoms with Crippen LogP contribution in [-0.4, -0.2) is 45.7 Å². The summed E-state index contributed by atoms with van der Waals surface area (Å²) in [6.07, 6.45) is 12.4. The zero-order valence-electron chi connectivity index (χ0n) is 14.5. The van der Waals surface area contributed by atoms with E-state index in [4.69, 9.17) is 4.74 Å². The van der Waals surface area contributed by atoms with Gasteiger partial charge in [0.25, 0.3) is 5.91 Å². The number of aromatic nitrogens is 2. The monoisotopic (exact) mass is 339 g/mol. The smallest absolute Gasteiger partial charge is 0.254 e. The number of hydrogen-bond donors (Lipinski definition) is 0. The number of amides is 1. The quantitative estimate of drug-likeness (QED) is 0.838. The number of carbonyl (C=O) groups excluding carboxylic acids is 1. The average molecular weight is 339 g/mol. The number of ether oxygens (including phenoxy) is 1. The van der Waals surface area contributed by atoms with Gasteiger partial charge < -0.3 is 14.2 Å². The lowest BCUT2D eigenvalue weighted by atomic mass is 10.1. The Balaban J connectivity index is 1.57. The van der Waals surface area contributed by atoms with Crippen molar-refractivity contribution >= 4 is 5.91 Å². The predicted octanol–water partition coefficient (Wildman–Crippen LogP) is 3.44. The second-order valence-electron chi connectivity index (χ2n) is 7.05. The summed E-state index contributed by atoms with van der Waals surface area (Å²) >= 11 is 0. The lowest BCUT2D eigenvalue weighted by Gasteiger charge is -2.31. The molecular weight excluding hydrogens is 314 g/mol. The summed E-state index contributed by atoms with van der Waals surface area (Å²) in [4.78, 5) is 19.5. The maximum absolute atomic E-state index is 13.3. The second kappa shape index (κ2) is 7.40. The van der Waals surface area contributed by atoms with Crippen LogP contribution in [0.15, 0.2) is 43.0 Å². The summed E-state index contributed by atoms with van der Waals surface area (Å²) in [7, 11) is 0. The summed E-state index contributed by atoms with van der Waals surface area (Å²) in [5, 5.41) is 0. The van der Waals surface area contributed by atoms with E-state index in [0.717, 1.165) is 50.1 Å². The van der Waals surface area contributed by atoms with E-state index in [-0.39, 0.29) is 12.0 Å². The highest BCUT2D eigenvalue weighted by atomic mass is 16.5. The van der Waals surface area contributed by atoms with Crippen LogP contribution >= 0.6 is 0 Å². The van der Waals surface area contributed by atoms with Crippen LogP contribution in [0, 0.1) is 0 Å². The van der Waals surface area contributed by atoms with Crippen molar-refractivity contribution in [3.8, 4) is 5.69 Å². The van der Waals surface area contributed by atoms with Gasteiger partial charge in [0.15, 0.2) is 0 Å².